The van der Waals surface area contributed by atoms with E-state index in [1.54, 1.807) is 0 Å². The van der Waals surface area contributed by atoms with Crippen molar-refractivity contribution in [2.24, 2.45) is 4.99 Å². The number of hydrogen-bond acceptors (Lipinski definition) is 4. The average Bonchev–Trinajstić information content (AvgIpc) is 3.96. The molecule has 270 valence electrons. The lowest BCUT2D eigenvalue weighted by atomic mass is 9.97. The van der Waals surface area contributed by atoms with Gasteiger partial charge in [-0.05, 0) is 77.0 Å². The second-order valence-corrected chi connectivity index (χ2v) is 15.8. The van der Waals surface area contributed by atoms with Crippen molar-refractivity contribution >= 4 is 81.1 Å². The van der Waals surface area contributed by atoms with Crippen LogP contribution in [0.5, 0.6) is 0 Å². The molecule has 57 heavy (non-hydrogen) atoms. The standard InChI is InChI=1S/C51H33N4OS/c1-3-13-31(14-4-1)49-52-50(32-15-5-2-6-16-32)54-51(53-49)34-25-27-38-40-29-33(26-28-45(40)57-46(38)30-34)35-19-12-24-44-47(35)39-20-11-23-43(48(39)56-44)55-41-21-9-7-17-36(41)37-18-8-10-22-42(37)55/h1-30,49,51H,(H,52,54)/q-1. The molecule has 3 aromatic heterocycles. The van der Waals surface area contributed by atoms with Crippen molar-refractivity contribution < 1.29 is 4.42 Å². The van der Waals surface area contributed by atoms with E-state index in [1.807, 2.05) is 23.5 Å². The highest BCUT2D eigenvalue weighted by Crippen LogP contribution is 2.44. The van der Waals surface area contributed by atoms with Gasteiger partial charge < -0.3 is 19.6 Å². The molecule has 1 N–H and O–H groups in total. The summed E-state index contributed by atoms with van der Waals surface area (Å²) in [5.41, 5.74) is 10.7. The monoisotopic (exact) mass is 749 g/mol. The number of amidine groups is 1. The zero-order valence-electron chi connectivity index (χ0n) is 30.6. The highest BCUT2D eigenvalue weighted by atomic mass is 32.1. The third-order valence-electron chi connectivity index (χ3n) is 11.4. The van der Waals surface area contributed by atoms with Crippen molar-refractivity contribution in [1.82, 2.24) is 9.88 Å². The summed E-state index contributed by atoms with van der Waals surface area (Å²) >= 11 is 1.83. The quantitative estimate of drug-likeness (QED) is 0.190. The summed E-state index contributed by atoms with van der Waals surface area (Å²) in [5, 5.41) is 16.1. The summed E-state index contributed by atoms with van der Waals surface area (Å²) in [7, 11) is 0. The highest BCUT2D eigenvalue weighted by Gasteiger charge is 2.21. The Balaban J connectivity index is 0.954. The molecule has 4 heterocycles. The number of nitrogens with one attached hydrogen (secondary N) is 1. The first-order chi connectivity index (χ1) is 28.2. The van der Waals surface area contributed by atoms with Gasteiger partial charge in [-0.25, -0.2) is 0 Å². The molecule has 6 heteroatoms. The molecule has 11 aromatic rings. The van der Waals surface area contributed by atoms with E-state index >= 15 is 0 Å². The van der Waals surface area contributed by atoms with Crippen molar-refractivity contribution in [2.75, 3.05) is 0 Å². The molecule has 0 saturated carbocycles. The van der Waals surface area contributed by atoms with E-state index in [1.165, 1.54) is 47.5 Å². The predicted octanol–water partition coefficient (Wildman–Crippen LogP) is 13.8. The lowest BCUT2D eigenvalue weighted by Gasteiger charge is -2.44. The van der Waals surface area contributed by atoms with Crippen LogP contribution in [0.2, 0.25) is 0 Å². The van der Waals surface area contributed by atoms with E-state index in [2.05, 4.69) is 180 Å². The van der Waals surface area contributed by atoms with Crippen molar-refractivity contribution in [2.45, 2.75) is 12.3 Å². The lowest BCUT2D eigenvalue weighted by Crippen LogP contribution is -2.33. The maximum Gasteiger partial charge on any atom is 0.159 e. The van der Waals surface area contributed by atoms with Crippen molar-refractivity contribution in [1.29, 1.82) is 0 Å². The number of aromatic nitrogens is 1. The number of rotatable bonds is 5. The fourth-order valence-corrected chi connectivity index (χ4v) is 9.91. The van der Waals surface area contributed by atoms with Crippen LogP contribution in [0.4, 0.5) is 0 Å². The number of hydrogen-bond donors (Lipinski definition) is 1. The minimum atomic E-state index is -0.298. The highest BCUT2D eigenvalue weighted by molar-refractivity contribution is 7.25. The van der Waals surface area contributed by atoms with Gasteiger partial charge in [0, 0.05) is 47.3 Å². The predicted molar refractivity (Wildman–Crippen MR) is 238 cm³/mol. The second-order valence-electron chi connectivity index (χ2n) is 14.7. The summed E-state index contributed by atoms with van der Waals surface area (Å²) in [4.78, 5) is 5.05. The molecular formula is C51H33N4OS-. The summed E-state index contributed by atoms with van der Waals surface area (Å²) in [5.74, 6) is 0.855. The van der Waals surface area contributed by atoms with Crippen LogP contribution in [0.15, 0.2) is 191 Å². The molecule has 5 nitrogen and oxygen atoms in total. The molecule has 0 fully saturated rings. The molecule has 0 saturated heterocycles. The van der Waals surface area contributed by atoms with E-state index in [0.717, 1.165) is 55.7 Å². The molecule has 0 bridgehead atoms. The van der Waals surface area contributed by atoms with Gasteiger partial charge >= 0.3 is 0 Å². The van der Waals surface area contributed by atoms with Crippen molar-refractivity contribution in [3.8, 4) is 16.8 Å². The molecule has 0 amide bonds. The maximum absolute atomic E-state index is 6.81. The summed E-state index contributed by atoms with van der Waals surface area (Å²) in [6.45, 7) is 0. The van der Waals surface area contributed by atoms with Gasteiger partial charge in [0.05, 0.1) is 16.7 Å². The van der Waals surface area contributed by atoms with E-state index in [0.29, 0.717) is 0 Å². The number of para-hydroxylation sites is 3. The number of furan rings is 1. The van der Waals surface area contributed by atoms with E-state index < -0.39 is 0 Å². The average molecular weight is 750 g/mol. The molecule has 0 spiro atoms. The third kappa shape index (κ3) is 5.15. The van der Waals surface area contributed by atoms with Crippen LogP contribution in [0.1, 0.15) is 29.0 Å². The Morgan fingerprint density at radius 2 is 1.26 bits per heavy atom. The Kier molecular flexibility index (Phi) is 7.24. The van der Waals surface area contributed by atoms with Crippen LogP contribution in [-0.2, 0) is 0 Å². The smallest absolute Gasteiger partial charge is 0.159 e. The zero-order valence-corrected chi connectivity index (χ0v) is 31.4. The fourth-order valence-electron chi connectivity index (χ4n) is 8.77. The maximum atomic E-state index is 6.81. The number of nitrogens with zero attached hydrogens (tertiary/aromatic N) is 3. The minimum absolute atomic E-state index is 0.243. The summed E-state index contributed by atoms with van der Waals surface area (Å²) in [6.07, 6.45) is -0.541. The molecule has 8 aromatic carbocycles. The van der Waals surface area contributed by atoms with Crippen LogP contribution in [0.25, 0.3) is 86.0 Å². The number of thiophene rings is 1. The van der Waals surface area contributed by atoms with Gasteiger partial charge in [-0.1, -0.05) is 140 Å². The van der Waals surface area contributed by atoms with Crippen molar-refractivity contribution in [3.63, 3.8) is 0 Å². The van der Waals surface area contributed by atoms with E-state index in [9.17, 15) is 0 Å². The van der Waals surface area contributed by atoms with E-state index in [-0.39, 0.29) is 12.3 Å². The van der Waals surface area contributed by atoms with Crippen LogP contribution in [0.3, 0.4) is 0 Å². The normalized spacial score (nSPS) is 15.9. The fraction of sp³-hybridized carbons (Fsp3) is 0.0392. The lowest BCUT2D eigenvalue weighted by molar-refractivity contribution is 0.631. The van der Waals surface area contributed by atoms with Crippen LogP contribution in [0, 0.1) is 0 Å². The Hall–Kier alpha value is -6.99. The Morgan fingerprint density at radius 3 is 2.07 bits per heavy atom. The summed E-state index contributed by atoms with van der Waals surface area (Å²) < 4.78 is 11.6. The Labute approximate surface area is 332 Å². The topological polar surface area (TPSA) is 56.6 Å². The van der Waals surface area contributed by atoms with Gasteiger partial charge in [0.2, 0.25) is 0 Å². The van der Waals surface area contributed by atoms with Crippen LogP contribution < -0.4 is 5.32 Å². The van der Waals surface area contributed by atoms with Gasteiger partial charge in [-0.2, -0.15) is 0 Å². The molecule has 0 aliphatic carbocycles. The number of benzene rings is 8. The van der Waals surface area contributed by atoms with Gasteiger partial charge in [-0.3, -0.25) is 4.99 Å². The third-order valence-corrected chi connectivity index (χ3v) is 12.5. The number of aliphatic imine (C=N–C) groups is 1. The van der Waals surface area contributed by atoms with Gasteiger partial charge in [0.25, 0.3) is 0 Å². The molecule has 0 radical (unpaired) electrons. The molecule has 12 rings (SSSR count). The number of fused-ring (bicyclic) bond motifs is 9. The molecule has 1 aliphatic rings. The zero-order chi connectivity index (χ0) is 37.5. The van der Waals surface area contributed by atoms with E-state index in [4.69, 9.17) is 14.7 Å². The van der Waals surface area contributed by atoms with Crippen LogP contribution in [-0.4, -0.2) is 10.4 Å². The first-order valence-corrected chi connectivity index (χ1v) is 20.1. The molecule has 2 unspecified atom stereocenters. The molecule has 1 aliphatic heterocycles. The molecule has 2 atom stereocenters. The Morgan fingerprint density at radius 1 is 0.544 bits per heavy atom. The minimum Gasteiger partial charge on any atom is -0.613 e. The van der Waals surface area contributed by atoms with Crippen LogP contribution >= 0.6 is 11.3 Å². The van der Waals surface area contributed by atoms with Gasteiger partial charge in [-0.15, -0.1) is 11.3 Å². The van der Waals surface area contributed by atoms with Gasteiger partial charge in [0.1, 0.15) is 11.4 Å². The summed E-state index contributed by atoms with van der Waals surface area (Å²) in [6, 6.07) is 64.6. The first kappa shape index (κ1) is 32.3. The van der Waals surface area contributed by atoms with Crippen molar-refractivity contribution in [3.05, 3.63) is 204 Å². The molecular weight excluding hydrogens is 717 g/mol. The van der Waals surface area contributed by atoms with Gasteiger partial charge in [0.15, 0.2) is 5.58 Å². The Bertz CT molecular complexity index is 3320. The second kappa shape index (κ2) is 12.8. The SMILES string of the molecule is c1ccc(C2=NC(c3ccccc3)[N-]C(c3ccc4c(c3)sc3ccc(-c5cccc6oc7c(-n8c9ccccc9c9ccccc98)cccc7c56)cc34)N2)cc1. The first-order valence-electron chi connectivity index (χ1n) is 19.3. The largest absolute Gasteiger partial charge is 0.613 e.